The van der Waals surface area contributed by atoms with Crippen molar-refractivity contribution in [2.75, 3.05) is 13.2 Å². The predicted molar refractivity (Wildman–Crippen MR) is 97.0 cm³/mol. The maximum atomic E-state index is 9.36. The molecule has 130 valence electrons. The van der Waals surface area contributed by atoms with Crippen LogP contribution in [0.3, 0.4) is 0 Å². The van der Waals surface area contributed by atoms with Crippen molar-refractivity contribution in [2.24, 2.45) is 0 Å². The SMILES string of the molecule is OCCN(Cc1ncc[nH]1)Cc1ccccc1OCc1ccccc1. The average molecular weight is 337 g/mol. The van der Waals surface area contributed by atoms with Crippen molar-refractivity contribution in [3.63, 3.8) is 0 Å². The summed E-state index contributed by atoms with van der Waals surface area (Å²) >= 11 is 0. The summed E-state index contributed by atoms with van der Waals surface area (Å²) in [4.78, 5) is 9.52. The highest BCUT2D eigenvalue weighted by molar-refractivity contribution is 5.33. The summed E-state index contributed by atoms with van der Waals surface area (Å²) in [5.41, 5.74) is 2.23. The number of aliphatic hydroxyl groups is 1. The zero-order valence-electron chi connectivity index (χ0n) is 14.1. The molecule has 3 rings (SSSR count). The van der Waals surface area contributed by atoms with Gasteiger partial charge < -0.3 is 14.8 Å². The Morgan fingerprint density at radius 3 is 2.56 bits per heavy atom. The quantitative estimate of drug-likeness (QED) is 0.630. The first-order valence-corrected chi connectivity index (χ1v) is 8.41. The molecule has 0 aliphatic carbocycles. The van der Waals surface area contributed by atoms with Crippen molar-refractivity contribution in [3.05, 3.63) is 83.9 Å². The van der Waals surface area contributed by atoms with Crippen molar-refractivity contribution in [2.45, 2.75) is 19.7 Å². The van der Waals surface area contributed by atoms with Crippen LogP contribution >= 0.6 is 0 Å². The van der Waals surface area contributed by atoms with Gasteiger partial charge in [0, 0.05) is 31.0 Å². The first-order chi connectivity index (χ1) is 12.3. The minimum absolute atomic E-state index is 0.105. The summed E-state index contributed by atoms with van der Waals surface area (Å²) in [6.45, 7) is 2.56. The maximum absolute atomic E-state index is 9.36. The number of hydrogen-bond acceptors (Lipinski definition) is 4. The summed E-state index contributed by atoms with van der Waals surface area (Å²) in [7, 11) is 0. The molecule has 0 spiro atoms. The molecule has 0 saturated heterocycles. The third-order valence-electron chi connectivity index (χ3n) is 3.95. The molecule has 5 nitrogen and oxygen atoms in total. The van der Waals surface area contributed by atoms with E-state index in [4.69, 9.17) is 4.74 Å². The second-order valence-electron chi connectivity index (χ2n) is 5.85. The van der Waals surface area contributed by atoms with E-state index >= 15 is 0 Å². The number of aromatic amines is 1. The molecule has 1 heterocycles. The minimum Gasteiger partial charge on any atom is -0.489 e. The summed E-state index contributed by atoms with van der Waals surface area (Å²) < 4.78 is 6.02. The number of nitrogens with one attached hydrogen (secondary N) is 1. The minimum atomic E-state index is 0.105. The Hall–Kier alpha value is -2.63. The van der Waals surface area contributed by atoms with Gasteiger partial charge in [0.15, 0.2) is 0 Å². The number of benzene rings is 2. The van der Waals surface area contributed by atoms with Crippen LogP contribution in [0, 0.1) is 0 Å². The highest BCUT2D eigenvalue weighted by Crippen LogP contribution is 2.21. The van der Waals surface area contributed by atoms with Crippen LogP contribution in [0.2, 0.25) is 0 Å². The zero-order chi connectivity index (χ0) is 17.3. The molecule has 0 bridgehead atoms. The van der Waals surface area contributed by atoms with E-state index < -0.39 is 0 Å². The van der Waals surface area contributed by atoms with Crippen LogP contribution in [0.1, 0.15) is 17.0 Å². The summed E-state index contributed by atoms with van der Waals surface area (Å²) in [5.74, 6) is 1.75. The van der Waals surface area contributed by atoms with Crippen molar-refractivity contribution in [1.29, 1.82) is 0 Å². The van der Waals surface area contributed by atoms with Crippen LogP contribution in [-0.4, -0.2) is 33.1 Å². The lowest BCUT2D eigenvalue weighted by molar-refractivity contribution is 0.179. The van der Waals surface area contributed by atoms with Gasteiger partial charge in [-0.25, -0.2) is 4.98 Å². The van der Waals surface area contributed by atoms with E-state index in [1.807, 2.05) is 42.6 Å². The Morgan fingerprint density at radius 2 is 1.80 bits per heavy atom. The van der Waals surface area contributed by atoms with Crippen molar-refractivity contribution in [1.82, 2.24) is 14.9 Å². The highest BCUT2D eigenvalue weighted by atomic mass is 16.5. The smallest absolute Gasteiger partial charge is 0.124 e. The lowest BCUT2D eigenvalue weighted by atomic mass is 10.2. The van der Waals surface area contributed by atoms with Crippen LogP contribution < -0.4 is 4.74 Å². The van der Waals surface area contributed by atoms with Gasteiger partial charge in [-0.15, -0.1) is 0 Å². The number of nitrogens with zero attached hydrogens (tertiary/aromatic N) is 2. The van der Waals surface area contributed by atoms with Crippen molar-refractivity contribution < 1.29 is 9.84 Å². The van der Waals surface area contributed by atoms with Gasteiger partial charge in [-0.2, -0.15) is 0 Å². The topological polar surface area (TPSA) is 61.4 Å². The van der Waals surface area contributed by atoms with Crippen LogP contribution in [-0.2, 0) is 19.7 Å². The van der Waals surface area contributed by atoms with Gasteiger partial charge in [0.25, 0.3) is 0 Å². The number of para-hydroxylation sites is 1. The monoisotopic (exact) mass is 337 g/mol. The molecule has 5 heteroatoms. The van der Waals surface area contributed by atoms with E-state index in [2.05, 4.69) is 33.1 Å². The Kier molecular flexibility index (Phi) is 6.20. The third kappa shape index (κ3) is 5.17. The van der Waals surface area contributed by atoms with E-state index in [1.165, 1.54) is 0 Å². The first-order valence-electron chi connectivity index (χ1n) is 8.41. The van der Waals surface area contributed by atoms with Crippen LogP contribution in [0.25, 0.3) is 0 Å². The molecule has 0 unspecified atom stereocenters. The number of H-pyrrole nitrogens is 1. The van der Waals surface area contributed by atoms with Gasteiger partial charge >= 0.3 is 0 Å². The molecule has 25 heavy (non-hydrogen) atoms. The van der Waals surface area contributed by atoms with E-state index in [1.54, 1.807) is 6.20 Å². The molecule has 0 amide bonds. The Morgan fingerprint density at radius 1 is 1.00 bits per heavy atom. The molecule has 0 fully saturated rings. The molecule has 2 N–H and O–H groups in total. The van der Waals surface area contributed by atoms with Crippen molar-refractivity contribution >= 4 is 0 Å². The predicted octanol–water partition coefficient (Wildman–Crippen LogP) is 2.98. The van der Waals surface area contributed by atoms with Crippen LogP contribution in [0.15, 0.2) is 67.0 Å². The van der Waals surface area contributed by atoms with Gasteiger partial charge in [-0.05, 0) is 11.6 Å². The molecular formula is C20H23N3O2. The number of imidazole rings is 1. The molecule has 3 aromatic rings. The lowest BCUT2D eigenvalue weighted by Crippen LogP contribution is -2.26. The number of rotatable bonds is 9. The third-order valence-corrected chi connectivity index (χ3v) is 3.95. The van der Waals surface area contributed by atoms with E-state index in [-0.39, 0.29) is 6.61 Å². The fourth-order valence-electron chi connectivity index (χ4n) is 2.70. The van der Waals surface area contributed by atoms with Crippen molar-refractivity contribution in [3.8, 4) is 5.75 Å². The summed E-state index contributed by atoms with van der Waals surface area (Å²) in [6, 6.07) is 18.2. The molecule has 0 aliphatic heterocycles. The highest BCUT2D eigenvalue weighted by Gasteiger charge is 2.11. The van der Waals surface area contributed by atoms with Gasteiger partial charge in [-0.1, -0.05) is 48.5 Å². The number of hydrogen-bond donors (Lipinski definition) is 2. The number of aromatic nitrogens is 2. The number of ether oxygens (including phenoxy) is 1. The fourth-order valence-corrected chi connectivity index (χ4v) is 2.70. The normalized spacial score (nSPS) is 11.0. The van der Waals surface area contributed by atoms with Gasteiger partial charge in [-0.3, -0.25) is 4.90 Å². The number of aliphatic hydroxyl groups excluding tert-OH is 1. The molecule has 0 radical (unpaired) electrons. The molecule has 0 aliphatic rings. The molecule has 0 saturated carbocycles. The lowest BCUT2D eigenvalue weighted by Gasteiger charge is -2.22. The van der Waals surface area contributed by atoms with Crippen LogP contribution in [0.4, 0.5) is 0 Å². The molecular weight excluding hydrogens is 314 g/mol. The second kappa shape index (κ2) is 9.01. The Balaban J connectivity index is 1.68. The molecule has 2 aromatic carbocycles. The standard InChI is InChI=1S/C20H23N3O2/c24-13-12-23(15-20-21-10-11-22-20)14-18-8-4-5-9-19(18)25-16-17-6-2-1-3-7-17/h1-11,24H,12-16H2,(H,21,22). The van der Waals surface area contributed by atoms with E-state index in [9.17, 15) is 5.11 Å². The summed E-state index contributed by atoms with van der Waals surface area (Å²) in [5, 5.41) is 9.36. The average Bonchev–Trinajstić information content (AvgIpc) is 3.15. The van der Waals surface area contributed by atoms with Gasteiger partial charge in [0.1, 0.15) is 18.2 Å². The van der Waals surface area contributed by atoms with Gasteiger partial charge in [0.05, 0.1) is 13.2 Å². The largest absolute Gasteiger partial charge is 0.489 e. The maximum Gasteiger partial charge on any atom is 0.124 e. The second-order valence-corrected chi connectivity index (χ2v) is 5.85. The van der Waals surface area contributed by atoms with E-state index in [0.717, 1.165) is 22.7 Å². The summed E-state index contributed by atoms with van der Waals surface area (Å²) in [6.07, 6.45) is 3.55. The molecule has 1 aromatic heterocycles. The van der Waals surface area contributed by atoms with E-state index in [0.29, 0.717) is 26.2 Å². The zero-order valence-corrected chi connectivity index (χ0v) is 14.1. The first kappa shape index (κ1) is 17.2. The molecule has 0 atom stereocenters. The Bertz CT molecular complexity index is 745. The van der Waals surface area contributed by atoms with Crippen LogP contribution in [0.5, 0.6) is 5.75 Å². The van der Waals surface area contributed by atoms with Gasteiger partial charge in [0.2, 0.25) is 0 Å². The fraction of sp³-hybridized carbons (Fsp3) is 0.250. The Labute approximate surface area is 147 Å².